The lowest BCUT2D eigenvalue weighted by Crippen LogP contribution is -2.44. The number of hydrogen-bond donors (Lipinski definition) is 5. The molecule has 1 aromatic heterocycles. The van der Waals surface area contributed by atoms with Gasteiger partial charge in [0, 0.05) is 30.2 Å². The van der Waals surface area contributed by atoms with Crippen molar-refractivity contribution in [3.05, 3.63) is 106 Å². The molecule has 0 spiro atoms. The van der Waals surface area contributed by atoms with Crippen LogP contribution >= 0.6 is 0 Å². The largest absolute Gasteiger partial charge is 0.480 e. The van der Waals surface area contributed by atoms with E-state index in [4.69, 9.17) is 0 Å². The zero-order chi connectivity index (χ0) is 29.1. The Morgan fingerprint density at radius 3 is 1.85 bits per heavy atom. The number of nitrogens with zero attached hydrogens (tertiary/aromatic N) is 1. The van der Waals surface area contributed by atoms with E-state index < -0.39 is 23.5 Å². The Hall–Kier alpha value is -4.40. The van der Waals surface area contributed by atoms with Gasteiger partial charge in [-0.25, -0.2) is 4.79 Å². The number of nitrogens with one attached hydrogen (secondary N) is 4. The van der Waals surface area contributed by atoms with Gasteiger partial charge in [0.05, 0.1) is 0 Å². The second-order valence-corrected chi connectivity index (χ2v) is 10.2. The van der Waals surface area contributed by atoms with Crippen LogP contribution in [0.3, 0.4) is 0 Å². The molecule has 3 rings (SSSR count). The molecule has 9 heteroatoms. The number of carboxylic acid groups (broad SMARTS) is 1. The number of aromatic nitrogens is 1. The maximum Gasteiger partial charge on any atom is 0.326 e. The maximum atomic E-state index is 13.0. The van der Waals surface area contributed by atoms with Gasteiger partial charge in [-0.1, -0.05) is 60.7 Å². The van der Waals surface area contributed by atoms with Crippen molar-refractivity contribution in [1.82, 2.24) is 20.9 Å². The van der Waals surface area contributed by atoms with Gasteiger partial charge in [-0.15, -0.1) is 0 Å². The number of carbonyl (C=O) groups excluding carboxylic acids is 1. The summed E-state index contributed by atoms with van der Waals surface area (Å²) in [6.07, 6.45) is 0.604. The van der Waals surface area contributed by atoms with E-state index in [-0.39, 0.29) is 30.0 Å². The first-order valence-electron chi connectivity index (χ1n) is 13.6. The number of hydrogen-bond acceptors (Lipinski definition) is 4. The Morgan fingerprint density at radius 1 is 0.825 bits per heavy atom. The van der Waals surface area contributed by atoms with Gasteiger partial charge in [-0.05, 0) is 63.8 Å². The van der Waals surface area contributed by atoms with Crippen molar-refractivity contribution in [3.8, 4) is 0 Å². The SMILES string of the molecule is CC(C)NC(=NCCC[C@H](NC(=O)c1ccc(C(c2ccccc2)c2ccccc2)[nH]c1=O)C(=O)O)NC(C)C. The zero-order valence-corrected chi connectivity index (χ0v) is 23.5. The van der Waals surface area contributed by atoms with Crippen molar-refractivity contribution in [2.45, 2.75) is 64.6 Å². The standard InChI is InChI=1S/C31H39N5O4/c1-20(2)33-31(34-21(3)4)32-19-11-16-26(30(39)40)36-29(38)24-17-18-25(35-28(24)37)27(22-12-7-5-8-13-22)23-14-9-6-10-15-23/h5-10,12-15,17-18,20-21,26-27H,11,16,19H2,1-4H3,(H,35,37)(H,36,38)(H,39,40)(H2,32,33,34)/t26-/m0/s1. The number of pyridine rings is 1. The fourth-order valence-corrected chi connectivity index (χ4v) is 4.34. The summed E-state index contributed by atoms with van der Waals surface area (Å²) in [6.45, 7) is 8.40. The molecule has 1 atom stereocenters. The first-order valence-corrected chi connectivity index (χ1v) is 13.6. The fraction of sp³-hybridized carbons (Fsp3) is 0.355. The monoisotopic (exact) mass is 545 g/mol. The van der Waals surface area contributed by atoms with Crippen molar-refractivity contribution in [3.63, 3.8) is 0 Å². The second kappa shape index (κ2) is 14.7. The number of rotatable bonds is 12. The molecule has 212 valence electrons. The van der Waals surface area contributed by atoms with Crippen LogP contribution in [0.1, 0.15) is 73.6 Å². The predicted octanol–water partition coefficient (Wildman–Crippen LogP) is 3.87. The van der Waals surface area contributed by atoms with Gasteiger partial charge in [0.25, 0.3) is 11.5 Å². The van der Waals surface area contributed by atoms with E-state index in [2.05, 4.69) is 25.9 Å². The summed E-state index contributed by atoms with van der Waals surface area (Å²) in [4.78, 5) is 45.2. The number of aliphatic carboxylic acids is 1. The summed E-state index contributed by atoms with van der Waals surface area (Å²) in [6, 6.07) is 21.9. The van der Waals surface area contributed by atoms with Crippen LogP contribution in [0, 0.1) is 0 Å². The molecule has 40 heavy (non-hydrogen) atoms. The van der Waals surface area contributed by atoms with E-state index >= 15 is 0 Å². The Morgan fingerprint density at radius 2 is 1.38 bits per heavy atom. The number of carboxylic acids is 1. The summed E-state index contributed by atoms with van der Waals surface area (Å²) in [5.41, 5.74) is 1.89. The number of amides is 1. The van der Waals surface area contributed by atoms with Crippen LogP contribution in [0.2, 0.25) is 0 Å². The Labute approximate surface area is 235 Å². The summed E-state index contributed by atoms with van der Waals surface area (Å²) >= 11 is 0. The second-order valence-electron chi connectivity index (χ2n) is 10.2. The van der Waals surface area contributed by atoms with Crippen LogP contribution in [-0.2, 0) is 4.79 Å². The number of guanidine groups is 1. The normalized spacial score (nSPS) is 11.8. The Kier molecular flexibility index (Phi) is 11.1. The van der Waals surface area contributed by atoms with Gasteiger partial charge < -0.3 is 26.0 Å². The van der Waals surface area contributed by atoms with Gasteiger partial charge in [0.2, 0.25) is 0 Å². The molecule has 1 heterocycles. The molecule has 0 fully saturated rings. The highest BCUT2D eigenvalue weighted by atomic mass is 16.4. The number of aliphatic imine (C=N–C) groups is 1. The molecular formula is C31H39N5O4. The molecule has 3 aromatic rings. The van der Waals surface area contributed by atoms with E-state index in [9.17, 15) is 19.5 Å². The third-order valence-corrected chi connectivity index (χ3v) is 6.13. The Bertz CT molecular complexity index is 1290. The molecule has 5 N–H and O–H groups in total. The van der Waals surface area contributed by atoms with Gasteiger partial charge in [-0.3, -0.25) is 14.6 Å². The van der Waals surface area contributed by atoms with Gasteiger partial charge in [0.1, 0.15) is 11.6 Å². The molecular weight excluding hydrogens is 506 g/mol. The maximum absolute atomic E-state index is 13.0. The van der Waals surface area contributed by atoms with Crippen LogP contribution in [-0.4, -0.2) is 52.6 Å². The average molecular weight is 546 g/mol. The fourth-order valence-electron chi connectivity index (χ4n) is 4.34. The predicted molar refractivity (Wildman–Crippen MR) is 158 cm³/mol. The van der Waals surface area contributed by atoms with Crippen LogP contribution in [0.5, 0.6) is 0 Å². The number of H-pyrrole nitrogens is 1. The van der Waals surface area contributed by atoms with Crippen molar-refractivity contribution >= 4 is 17.8 Å². The highest BCUT2D eigenvalue weighted by molar-refractivity contribution is 5.96. The first-order chi connectivity index (χ1) is 19.2. The van der Waals surface area contributed by atoms with Gasteiger partial charge in [-0.2, -0.15) is 0 Å². The highest BCUT2D eigenvalue weighted by Gasteiger charge is 2.23. The van der Waals surface area contributed by atoms with Crippen LogP contribution in [0.25, 0.3) is 0 Å². The summed E-state index contributed by atoms with van der Waals surface area (Å²) in [5, 5.41) is 18.7. The average Bonchev–Trinajstić information content (AvgIpc) is 2.91. The minimum atomic E-state index is -1.17. The summed E-state index contributed by atoms with van der Waals surface area (Å²) in [5.74, 6) is -1.49. The first kappa shape index (κ1) is 30.1. The molecule has 9 nitrogen and oxygen atoms in total. The van der Waals surface area contributed by atoms with E-state index in [0.717, 1.165) is 11.1 Å². The molecule has 0 saturated carbocycles. The molecule has 0 radical (unpaired) electrons. The van der Waals surface area contributed by atoms with Crippen molar-refractivity contribution in [2.75, 3.05) is 6.54 Å². The molecule has 1 amide bonds. The third kappa shape index (κ3) is 8.83. The lowest BCUT2D eigenvalue weighted by atomic mass is 9.88. The van der Waals surface area contributed by atoms with Crippen molar-refractivity contribution in [1.29, 1.82) is 0 Å². The van der Waals surface area contributed by atoms with Crippen LogP contribution in [0.4, 0.5) is 0 Å². The van der Waals surface area contributed by atoms with E-state index in [1.54, 1.807) is 6.07 Å². The van der Waals surface area contributed by atoms with E-state index in [1.165, 1.54) is 6.07 Å². The van der Waals surface area contributed by atoms with Crippen LogP contribution < -0.4 is 21.5 Å². The smallest absolute Gasteiger partial charge is 0.326 e. The lowest BCUT2D eigenvalue weighted by Gasteiger charge is -2.19. The minimum absolute atomic E-state index is 0.141. The molecule has 0 aliphatic carbocycles. The summed E-state index contributed by atoms with van der Waals surface area (Å²) < 4.78 is 0. The van der Waals surface area contributed by atoms with E-state index in [0.29, 0.717) is 24.6 Å². The third-order valence-electron chi connectivity index (χ3n) is 6.13. The summed E-state index contributed by atoms with van der Waals surface area (Å²) in [7, 11) is 0. The quantitative estimate of drug-likeness (QED) is 0.133. The molecule has 2 aromatic carbocycles. The zero-order valence-electron chi connectivity index (χ0n) is 23.5. The van der Waals surface area contributed by atoms with Crippen molar-refractivity contribution in [2.24, 2.45) is 4.99 Å². The molecule has 0 aliphatic heterocycles. The number of benzene rings is 2. The molecule has 0 aliphatic rings. The molecule has 0 bridgehead atoms. The van der Waals surface area contributed by atoms with E-state index in [1.807, 2.05) is 88.4 Å². The number of aromatic amines is 1. The molecule has 0 saturated heterocycles. The lowest BCUT2D eigenvalue weighted by molar-refractivity contribution is -0.139. The number of carbonyl (C=O) groups is 2. The minimum Gasteiger partial charge on any atom is -0.480 e. The van der Waals surface area contributed by atoms with Crippen molar-refractivity contribution < 1.29 is 14.7 Å². The topological polar surface area (TPSA) is 136 Å². The van der Waals surface area contributed by atoms with Gasteiger partial charge in [0.15, 0.2) is 5.96 Å². The highest BCUT2D eigenvalue weighted by Crippen LogP contribution is 2.30. The van der Waals surface area contributed by atoms with Gasteiger partial charge >= 0.3 is 5.97 Å². The Balaban J connectivity index is 1.72. The van der Waals surface area contributed by atoms with Crippen LogP contribution in [0.15, 0.2) is 82.6 Å². The molecule has 0 unspecified atom stereocenters.